The second-order valence-corrected chi connectivity index (χ2v) is 7.89. The zero-order chi connectivity index (χ0) is 24.1. The van der Waals surface area contributed by atoms with Gasteiger partial charge in [0, 0.05) is 17.8 Å². The topological polar surface area (TPSA) is 132 Å². The first-order valence-corrected chi connectivity index (χ1v) is 10.4. The second kappa shape index (κ2) is 10.1. The molecule has 4 N–H and O–H groups in total. The molecule has 174 valence electrons. The molecule has 0 radical (unpaired) electrons. The number of carbonyl (C=O) groups excluding carboxylic acids is 1. The molecule has 0 aliphatic rings. The van der Waals surface area contributed by atoms with Crippen molar-refractivity contribution in [3.63, 3.8) is 0 Å². The van der Waals surface area contributed by atoms with Gasteiger partial charge >= 0.3 is 5.69 Å². The lowest BCUT2D eigenvalue weighted by Crippen LogP contribution is -2.37. The van der Waals surface area contributed by atoms with Gasteiger partial charge in [-0.1, -0.05) is 26.0 Å². The van der Waals surface area contributed by atoms with Crippen molar-refractivity contribution < 1.29 is 13.9 Å². The molecule has 0 bridgehead atoms. The van der Waals surface area contributed by atoms with E-state index in [9.17, 15) is 18.8 Å². The van der Waals surface area contributed by atoms with Crippen LogP contribution in [-0.4, -0.2) is 27.6 Å². The average Bonchev–Trinajstić information content (AvgIpc) is 2.74. The number of ether oxygens (including phenoxy) is 1. The maximum absolute atomic E-state index is 14.3. The molecule has 33 heavy (non-hydrogen) atoms. The molecule has 0 aliphatic carbocycles. The van der Waals surface area contributed by atoms with E-state index in [0.29, 0.717) is 17.7 Å². The Labute approximate surface area is 189 Å². The number of carbonyl (C=O) groups is 1. The fourth-order valence-corrected chi connectivity index (χ4v) is 3.60. The van der Waals surface area contributed by atoms with Crippen molar-refractivity contribution in [2.24, 2.45) is 5.73 Å². The number of aromatic amines is 1. The number of hydrogen-bond acceptors (Lipinski definition) is 6. The number of nitrogens with one attached hydrogen (secondary N) is 2. The van der Waals surface area contributed by atoms with Gasteiger partial charge in [0.05, 0.1) is 20.1 Å². The lowest BCUT2D eigenvalue weighted by atomic mass is 10.0. The maximum atomic E-state index is 14.3. The summed E-state index contributed by atoms with van der Waals surface area (Å²) in [7, 11) is 1.58. The lowest BCUT2D eigenvalue weighted by Gasteiger charge is -2.17. The van der Waals surface area contributed by atoms with E-state index in [-0.39, 0.29) is 30.4 Å². The minimum Gasteiger partial charge on any atom is -0.497 e. The third-order valence-corrected chi connectivity index (χ3v) is 5.09. The van der Waals surface area contributed by atoms with Crippen molar-refractivity contribution in [1.82, 2.24) is 14.5 Å². The molecule has 1 aromatic carbocycles. The number of H-pyrrole nitrogens is 1. The predicted molar refractivity (Wildman–Crippen MR) is 122 cm³/mol. The van der Waals surface area contributed by atoms with E-state index in [1.807, 2.05) is 24.3 Å². The number of benzene rings is 1. The first kappa shape index (κ1) is 23.7. The quantitative estimate of drug-likeness (QED) is 0.422. The summed E-state index contributed by atoms with van der Waals surface area (Å²) in [6.45, 7) is 3.87. The van der Waals surface area contributed by atoms with E-state index in [4.69, 9.17) is 10.5 Å². The van der Waals surface area contributed by atoms with Crippen molar-refractivity contribution >= 4 is 11.7 Å². The Morgan fingerprint density at radius 3 is 2.52 bits per heavy atom. The third kappa shape index (κ3) is 5.85. The van der Waals surface area contributed by atoms with E-state index in [2.05, 4.69) is 15.3 Å². The van der Waals surface area contributed by atoms with Gasteiger partial charge in [-0.2, -0.15) is 4.39 Å². The summed E-state index contributed by atoms with van der Waals surface area (Å²) in [5, 5.41) is 3.05. The van der Waals surface area contributed by atoms with Gasteiger partial charge in [0.2, 0.25) is 11.9 Å². The highest BCUT2D eigenvalue weighted by molar-refractivity contribution is 5.76. The van der Waals surface area contributed by atoms with Crippen LogP contribution in [0.2, 0.25) is 0 Å². The third-order valence-electron chi connectivity index (χ3n) is 5.09. The number of nitrogens with two attached hydrogens (primary N) is 1. The molecule has 3 aromatic rings. The molecule has 3 rings (SSSR count). The maximum Gasteiger partial charge on any atom is 0.328 e. The van der Waals surface area contributed by atoms with E-state index >= 15 is 0 Å². The normalized spacial score (nSPS) is 10.9. The first-order chi connectivity index (χ1) is 15.7. The Balaban J connectivity index is 1.92. The van der Waals surface area contributed by atoms with Gasteiger partial charge in [0.25, 0.3) is 5.56 Å². The Kier molecular flexibility index (Phi) is 7.27. The summed E-state index contributed by atoms with van der Waals surface area (Å²) in [4.78, 5) is 42.7. The summed E-state index contributed by atoms with van der Waals surface area (Å²) in [5.41, 5.74) is 5.97. The molecule has 0 atom stereocenters. The van der Waals surface area contributed by atoms with Crippen molar-refractivity contribution in [2.75, 3.05) is 12.4 Å². The van der Waals surface area contributed by atoms with Gasteiger partial charge in [-0.05, 0) is 41.3 Å². The molecule has 1 amide bonds. The summed E-state index contributed by atoms with van der Waals surface area (Å²) in [6, 6.07) is 10.2. The molecule has 0 fully saturated rings. The van der Waals surface area contributed by atoms with Crippen LogP contribution < -0.4 is 27.0 Å². The zero-order valence-corrected chi connectivity index (χ0v) is 18.6. The minimum absolute atomic E-state index is 0.0748. The largest absolute Gasteiger partial charge is 0.497 e. The summed E-state index contributed by atoms with van der Waals surface area (Å²) in [6.07, 6.45) is -0.289. The molecule has 0 unspecified atom stereocenters. The second-order valence-electron chi connectivity index (χ2n) is 7.89. The van der Waals surface area contributed by atoms with Gasteiger partial charge in [0.15, 0.2) is 0 Å². The van der Waals surface area contributed by atoms with Gasteiger partial charge in [-0.15, -0.1) is 0 Å². The number of hydrogen-bond donors (Lipinski definition) is 3. The van der Waals surface area contributed by atoms with Crippen LogP contribution in [0.4, 0.5) is 10.2 Å². The molecule has 0 saturated carbocycles. The molecular weight excluding hydrogens is 429 g/mol. The van der Waals surface area contributed by atoms with Crippen molar-refractivity contribution in [3.05, 3.63) is 85.6 Å². The monoisotopic (exact) mass is 455 g/mol. The fourth-order valence-electron chi connectivity index (χ4n) is 3.60. The molecule has 10 heteroatoms. The number of halogens is 1. The summed E-state index contributed by atoms with van der Waals surface area (Å²) >= 11 is 0. The molecule has 9 nitrogen and oxygen atoms in total. The Hall–Kier alpha value is -3.95. The highest BCUT2D eigenvalue weighted by Gasteiger charge is 2.19. The lowest BCUT2D eigenvalue weighted by molar-refractivity contribution is -0.117. The molecule has 2 aromatic heterocycles. The number of primary amides is 1. The van der Waals surface area contributed by atoms with Crippen molar-refractivity contribution in [1.29, 1.82) is 0 Å². The van der Waals surface area contributed by atoms with E-state index < -0.39 is 23.1 Å². The number of anilines is 1. The van der Waals surface area contributed by atoms with E-state index in [0.717, 1.165) is 11.3 Å². The number of rotatable bonds is 9. The standard InChI is InChI=1S/C23H26FN5O4/c1-13(2)21-17(10-19(25)30)29(23(32)28-22(21)31)12-15-8-18(24)27-20(9-15)26-11-14-4-6-16(33-3)7-5-14/h4-9,13H,10-12H2,1-3H3,(H2,25,30)(H,26,27)(H,28,31,32). The van der Waals surface area contributed by atoms with Crippen LogP contribution in [0.15, 0.2) is 46.0 Å². The van der Waals surface area contributed by atoms with Gasteiger partial charge in [0.1, 0.15) is 11.6 Å². The Morgan fingerprint density at radius 1 is 1.21 bits per heavy atom. The van der Waals surface area contributed by atoms with Crippen LogP contribution >= 0.6 is 0 Å². The number of nitrogens with zero attached hydrogens (tertiary/aromatic N) is 2. The highest BCUT2D eigenvalue weighted by Crippen LogP contribution is 2.18. The summed E-state index contributed by atoms with van der Waals surface area (Å²) in [5.74, 6) is -0.672. The highest BCUT2D eigenvalue weighted by atomic mass is 19.1. The van der Waals surface area contributed by atoms with E-state index in [1.165, 1.54) is 10.6 Å². The average molecular weight is 455 g/mol. The van der Waals surface area contributed by atoms with Crippen LogP contribution in [0.1, 0.15) is 42.1 Å². The SMILES string of the molecule is COc1ccc(CNc2cc(Cn3c(CC(N)=O)c(C(C)C)c(=O)[nH]c3=O)cc(F)n2)cc1. The Bertz CT molecular complexity index is 1270. The number of amides is 1. The molecule has 2 heterocycles. The predicted octanol–water partition coefficient (Wildman–Crippen LogP) is 1.89. The van der Waals surface area contributed by atoms with Gasteiger partial charge in [-0.3, -0.25) is 19.1 Å². The van der Waals surface area contributed by atoms with Crippen LogP contribution in [-0.2, 0) is 24.3 Å². The number of aromatic nitrogens is 3. The minimum atomic E-state index is -0.734. The molecule has 0 aliphatic heterocycles. The molecule has 0 spiro atoms. The van der Waals surface area contributed by atoms with Gasteiger partial charge < -0.3 is 15.8 Å². The van der Waals surface area contributed by atoms with Crippen LogP contribution in [0, 0.1) is 5.95 Å². The van der Waals surface area contributed by atoms with Crippen LogP contribution in [0.3, 0.4) is 0 Å². The van der Waals surface area contributed by atoms with Crippen LogP contribution in [0.5, 0.6) is 5.75 Å². The zero-order valence-electron chi connectivity index (χ0n) is 18.6. The molecular formula is C23H26FN5O4. The van der Waals surface area contributed by atoms with Crippen molar-refractivity contribution in [3.8, 4) is 5.75 Å². The fraction of sp³-hybridized carbons (Fsp3) is 0.304. The summed E-state index contributed by atoms with van der Waals surface area (Å²) < 4.78 is 20.6. The van der Waals surface area contributed by atoms with Crippen molar-refractivity contribution in [2.45, 2.75) is 39.3 Å². The van der Waals surface area contributed by atoms with Gasteiger partial charge in [-0.25, -0.2) is 9.78 Å². The molecule has 0 saturated heterocycles. The van der Waals surface area contributed by atoms with E-state index in [1.54, 1.807) is 27.0 Å². The number of pyridine rings is 1. The smallest absolute Gasteiger partial charge is 0.328 e. The first-order valence-electron chi connectivity index (χ1n) is 10.4. The van der Waals surface area contributed by atoms with Crippen LogP contribution in [0.25, 0.3) is 0 Å². The number of methoxy groups -OCH3 is 1. The Morgan fingerprint density at radius 2 is 1.91 bits per heavy atom.